The number of thiazole rings is 1. The van der Waals surface area contributed by atoms with E-state index in [4.69, 9.17) is 9.47 Å². The van der Waals surface area contributed by atoms with Gasteiger partial charge in [0.1, 0.15) is 17.5 Å². The number of imide groups is 1. The van der Waals surface area contributed by atoms with Gasteiger partial charge >= 0.3 is 16.8 Å². The Balaban J connectivity index is 1.32. The fourth-order valence-electron chi connectivity index (χ4n) is 5.80. The number of ether oxygens (including phenoxy) is 2. The van der Waals surface area contributed by atoms with E-state index >= 15 is 0 Å². The fourth-order valence-corrected chi connectivity index (χ4v) is 8.57. The number of hydrogen-bond donors (Lipinski definition) is 2. The number of anilines is 2. The molecule has 2 N–H and O–H groups in total. The minimum Gasteiger partial charge on any atom is -0.508 e. The van der Waals surface area contributed by atoms with Crippen LogP contribution in [0.25, 0.3) is 0 Å². The lowest BCUT2D eigenvalue weighted by Gasteiger charge is -2.31. The lowest BCUT2D eigenvalue weighted by Crippen LogP contribution is -2.33. The van der Waals surface area contributed by atoms with Crippen LogP contribution in [0.4, 0.5) is 11.4 Å². The Hall–Kier alpha value is -5.21. The molecule has 2 aliphatic heterocycles. The van der Waals surface area contributed by atoms with Crippen molar-refractivity contribution in [3.8, 4) is 5.75 Å². The number of carbonyl (C=O) groups is 5. The molecule has 3 amide bonds. The van der Waals surface area contributed by atoms with E-state index in [1.54, 1.807) is 44.2 Å². The summed E-state index contributed by atoms with van der Waals surface area (Å²) in [5.41, 5.74) is 1.61. The second-order valence-corrected chi connectivity index (χ2v) is 13.0. The van der Waals surface area contributed by atoms with Gasteiger partial charge in [0.2, 0.25) is 17.7 Å². The summed E-state index contributed by atoms with van der Waals surface area (Å²) >= 11 is 1.89. The third-order valence-electron chi connectivity index (χ3n) is 7.94. The van der Waals surface area contributed by atoms with Crippen molar-refractivity contribution in [2.75, 3.05) is 23.4 Å². The second-order valence-electron chi connectivity index (χ2n) is 10.8. The van der Waals surface area contributed by atoms with Crippen molar-refractivity contribution in [1.82, 2.24) is 4.57 Å². The van der Waals surface area contributed by atoms with Crippen LogP contribution in [0, 0.1) is 5.92 Å². The summed E-state index contributed by atoms with van der Waals surface area (Å²) in [6.45, 7) is 3.42. The van der Waals surface area contributed by atoms with Crippen LogP contribution in [0.1, 0.15) is 50.9 Å². The maximum atomic E-state index is 14.1. The Labute approximate surface area is 282 Å². The Bertz CT molecular complexity index is 1990. The Morgan fingerprint density at radius 2 is 1.44 bits per heavy atom. The van der Waals surface area contributed by atoms with Gasteiger partial charge in [-0.05, 0) is 68.4 Å². The number of carbonyl (C=O) groups excluding carboxylic acids is 5. The number of nitrogens with one attached hydrogen (secondary N) is 1. The molecule has 0 unspecified atom stereocenters. The Kier molecular flexibility index (Phi) is 9.20. The van der Waals surface area contributed by atoms with Crippen LogP contribution in [0.2, 0.25) is 0 Å². The van der Waals surface area contributed by atoms with Gasteiger partial charge in [-0.15, -0.1) is 0 Å². The number of benzene rings is 3. The van der Waals surface area contributed by atoms with Crippen LogP contribution in [0.15, 0.2) is 82.6 Å². The van der Waals surface area contributed by atoms with Gasteiger partial charge in [-0.25, -0.2) is 14.5 Å². The third kappa shape index (κ3) is 6.00. The third-order valence-corrected chi connectivity index (χ3v) is 10.5. The Morgan fingerprint density at radius 3 is 2.04 bits per heavy atom. The monoisotopic (exact) mass is 687 g/mol. The van der Waals surface area contributed by atoms with Gasteiger partial charge in [0.05, 0.1) is 41.0 Å². The number of rotatable bonds is 9. The van der Waals surface area contributed by atoms with Crippen molar-refractivity contribution < 1.29 is 38.6 Å². The molecular formula is C34H29N3O9S2. The molecule has 3 atom stereocenters. The van der Waals surface area contributed by atoms with Crippen molar-refractivity contribution in [3.63, 3.8) is 0 Å². The van der Waals surface area contributed by atoms with E-state index in [9.17, 15) is 33.9 Å². The molecule has 3 heterocycles. The number of esters is 2. The highest BCUT2D eigenvalue weighted by Gasteiger charge is 2.57. The molecular weight excluding hydrogens is 659 g/mol. The summed E-state index contributed by atoms with van der Waals surface area (Å²) in [4.78, 5) is 79.8. The topological polar surface area (TPSA) is 161 Å². The molecule has 3 aromatic carbocycles. The van der Waals surface area contributed by atoms with Crippen LogP contribution in [0.5, 0.6) is 5.75 Å². The van der Waals surface area contributed by atoms with Gasteiger partial charge in [-0.3, -0.25) is 23.7 Å². The number of hydrogen-bond acceptors (Lipinski definition) is 11. The van der Waals surface area contributed by atoms with Crippen molar-refractivity contribution in [3.05, 3.63) is 104 Å². The summed E-state index contributed by atoms with van der Waals surface area (Å²) in [6, 6.07) is 18.5. The van der Waals surface area contributed by atoms with Crippen molar-refractivity contribution in [2.24, 2.45) is 5.92 Å². The SMILES string of the molecule is CCOC(=O)c1ccc(NC(=O)Cn2c3c(sc2=O)[C@@H](c2ccccc2O)[C@H]2C(=O)N(c4ccc(C(=O)OCC)cc4)C(=O)[C@H]2S3)cc1. The van der Waals surface area contributed by atoms with Crippen LogP contribution >= 0.6 is 23.1 Å². The van der Waals surface area contributed by atoms with E-state index in [-0.39, 0.29) is 36.8 Å². The average Bonchev–Trinajstić information content (AvgIpc) is 3.52. The van der Waals surface area contributed by atoms with E-state index in [1.165, 1.54) is 47.0 Å². The molecule has 0 spiro atoms. The molecule has 1 aromatic heterocycles. The van der Waals surface area contributed by atoms with Crippen molar-refractivity contribution in [2.45, 2.75) is 36.6 Å². The quantitative estimate of drug-likeness (QED) is 0.191. The van der Waals surface area contributed by atoms with Crippen LogP contribution < -0.4 is 15.1 Å². The van der Waals surface area contributed by atoms with E-state index in [2.05, 4.69) is 5.32 Å². The fraction of sp³-hybridized carbons (Fsp3) is 0.235. The highest BCUT2D eigenvalue weighted by atomic mass is 32.2. The van der Waals surface area contributed by atoms with Crippen LogP contribution in [-0.4, -0.2) is 57.8 Å². The first-order valence-corrected chi connectivity index (χ1v) is 16.7. The maximum Gasteiger partial charge on any atom is 0.338 e. The molecule has 14 heteroatoms. The highest BCUT2D eigenvalue weighted by molar-refractivity contribution is 8.00. The number of phenols is 1. The predicted octanol–water partition coefficient (Wildman–Crippen LogP) is 4.40. The number of aromatic hydroxyl groups is 1. The molecule has 12 nitrogen and oxygen atoms in total. The highest BCUT2D eigenvalue weighted by Crippen LogP contribution is 2.55. The summed E-state index contributed by atoms with van der Waals surface area (Å²) in [5.74, 6) is -4.52. The zero-order chi connectivity index (χ0) is 34.1. The summed E-state index contributed by atoms with van der Waals surface area (Å²) in [6.07, 6.45) is 0. The minimum atomic E-state index is -0.974. The van der Waals surface area contributed by atoms with E-state index < -0.39 is 51.6 Å². The van der Waals surface area contributed by atoms with Crippen molar-refractivity contribution >= 4 is 64.1 Å². The van der Waals surface area contributed by atoms with Gasteiger partial charge in [-0.1, -0.05) is 41.3 Å². The molecule has 1 fully saturated rings. The molecule has 246 valence electrons. The first-order chi connectivity index (χ1) is 23.1. The lowest BCUT2D eigenvalue weighted by molar-refractivity contribution is -0.122. The molecule has 2 aliphatic rings. The summed E-state index contributed by atoms with van der Waals surface area (Å²) in [7, 11) is 0. The lowest BCUT2D eigenvalue weighted by atomic mass is 9.82. The van der Waals surface area contributed by atoms with Gasteiger partial charge in [-0.2, -0.15) is 0 Å². The van der Waals surface area contributed by atoms with Crippen LogP contribution in [-0.2, 0) is 30.4 Å². The molecule has 0 saturated carbocycles. The number of amides is 3. The number of aromatic nitrogens is 1. The molecule has 48 heavy (non-hydrogen) atoms. The summed E-state index contributed by atoms with van der Waals surface area (Å²) in [5, 5.41) is 13.0. The maximum absolute atomic E-state index is 14.1. The van der Waals surface area contributed by atoms with E-state index in [0.717, 1.165) is 28.0 Å². The molecule has 0 radical (unpaired) electrons. The number of fused-ring (bicyclic) bond motifs is 2. The van der Waals surface area contributed by atoms with Crippen molar-refractivity contribution in [1.29, 1.82) is 0 Å². The number of nitrogens with zero attached hydrogens (tertiary/aromatic N) is 2. The first-order valence-electron chi connectivity index (χ1n) is 15.0. The smallest absolute Gasteiger partial charge is 0.338 e. The van der Waals surface area contributed by atoms with Gasteiger partial charge in [0, 0.05) is 22.0 Å². The standard InChI is InChI=1S/C34H29N3O9S2/c1-3-45-32(42)18-9-13-20(14-10-18)35-24(39)17-36-31-28(48-34(36)44)25(22-7-5-6-8-23(22)38)26-27(47-31)30(41)37(29(26)40)21-15-11-19(12-16-21)33(43)46-4-2/h5-16,25-27,38H,3-4,17H2,1-2H3,(H,35,39)/t25-,26+,27-/m0/s1. The number of para-hydroxylation sites is 1. The zero-order valence-electron chi connectivity index (χ0n) is 25.7. The first kappa shape index (κ1) is 32.7. The van der Waals surface area contributed by atoms with E-state index in [0.29, 0.717) is 26.7 Å². The molecule has 6 rings (SSSR count). The van der Waals surface area contributed by atoms with Gasteiger partial charge in [0.15, 0.2) is 0 Å². The predicted molar refractivity (Wildman–Crippen MR) is 178 cm³/mol. The normalized spacial score (nSPS) is 18.2. The molecule has 0 aliphatic carbocycles. The molecule has 1 saturated heterocycles. The minimum absolute atomic E-state index is 0.104. The Morgan fingerprint density at radius 1 is 0.833 bits per heavy atom. The van der Waals surface area contributed by atoms with Gasteiger partial charge in [0.25, 0.3) is 0 Å². The second kappa shape index (κ2) is 13.5. The largest absolute Gasteiger partial charge is 0.508 e. The van der Waals surface area contributed by atoms with E-state index in [1.807, 2.05) is 0 Å². The molecule has 0 bridgehead atoms. The number of phenolic OH excluding ortho intramolecular Hbond substituents is 1. The number of thioether (sulfide) groups is 1. The molecule has 4 aromatic rings. The van der Waals surface area contributed by atoms with Gasteiger partial charge < -0.3 is 19.9 Å². The zero-order valence-corrected chi connectivity index (χ0v) is 27.3. The average molecular weight is 688 g/mol. The van der Waals surface area contributed by atoms with Crippen LogP contribution in [0.3, 0.4) is 0 Å². The summed E-state index contributed by atoms with van der Waals surface area (Å²) < 4.78 is 11.3.